The van der Waals surface area contributed by atoms with E-state index in [9.17, 15) is 0 Å². The van der Waals surface area contributed by atoms with Crippen molar-refractivity contribution in [1.82, 2.24) is 5.32 Å². The van der Waals surface area contributed by atoms with E-state index in [4.69, 9.17) is 0 Å². The lowest BCUT2D eigenvalue weighted by atomic mass is 9.98. The normalized spacial score (nSPS) is 15.7. The number of nitrogens with one attached hydrogen (secondary N) is 1. The molecule has 3 rings (SSSR count). The Balaban J connectivity index is 1.84. The van der Waals surface area contributed by atoms with Gasteiger partial charge in [0.15, 0.2) is 0 Å². The molecule has 2 aromatic rings. The third kappa shape index (κ3) is 3.58. The molecule has 0 radical (unpaired) electrons. The fourth-order valence-corrected chi connectivity index (χ4v) is 4.87. The third-order valence-electron chi connectivity index (χ3n) is 4.19. The predicted octanol–water partition coefficient (Wildman–Crippen LogP) is 5.28. The van der Waals surface area contributed by atoms with Crippen LogP contribution in [0, 0.1) is 0 Å². The van der Waals surface area contributed by atoms with Crippen LogP contribution >= 0.6 is 27.3 Å². The summed E-state index contributed by atoms with van der Waals surface area (Å²) in [7, 11) is 0. The van der Waals surface area contributed by atoms with Crippen LogP contribution in [-0.4, -0.2) is 6.54 Å². The van der Waals surface area contributed by atoms with Gasteiger partial charge in [-0.2, -0.15) is 0 Å². The van der Waals surface area contributed by atoms with Gasteiger partial charge in [0, 0.05) is 20.3 Å². The molecule has 0 aliphatic heterocycles. The van der Waals surface area contributed by atoms with Crippen LogP contribution in [0.3, 0.4) is 0 Å². The minimum atomic E-state index is 0.435. The highest BCUT2D eigenvalue weighted by Crippen LogP contribution is 2.34. The monoisotopic (exact) mass is 363 g/mol. The Bertz CT molecular complexity index is 582. The van der Waals surface area contributed by atoms with Gasteiger partial charge in [0.1, 0.15) is 0 Å². The van der Waals surface area contributed by atoms with Crippen LogP contribution in [0.1, 0.15) is 46.7 Å². The average molecular weight is 364 g/mol. The van der Waals surface area contributed by atoms with Crippen molar-refractivity contribution in [2.24, 2.45) is 0 Å². The largest absolute Gasteiger partial charge is 0.309 e. The number of aryl methyl sites for hydroxylation is 2. The van der Waals surface area contributed by atoms with Gasteiger partial charge >= 0.3 is 0 Å². The average Bonchev–Trinajstić information content (AvgIpc) is 2.93. The zero-order valence-corrected chi connectivity index (χ0v) is 14.9. The molecule has 1 aromatic carbocycles. The van der Waals surface area contributed by atoms with E-state index in [-0.39, 0.29) is 0 Å². The number of thiophene rings is 1. The summed E-state index contributed by atoms with van der Waals surface area (Å²) in [6.07, 6.45) is 6.34. The minimum absolute atomic E-state index is 0.435. The highest BCUT2D eigenvalue weighted by molar-refractivity contribution is 9.10. The third-order valence-corrected chi connectivity index (χ3v) is 6.32. The molecule has 1 unspecified atom stereocenters. The molecule has 0 amide bonds. The van der Waals surface area contributed by atoms with Gasteiger partial charge in [-0.15, -0.1) is 11.3 Å². The molecule has 21 heavy (non-hydrogen) atoms. The van der Waals surface area contributed by atoms with Crippen molar-refractivity contribution in [3.05, 3.63) is 55.7 Å². The lowest BCUT2D eigenvalue weighted by Gasteiger charge is -2.17. The first-order valence-corrected chi connectivity index (χ1v) is 9.47. The number of hydrogen-bond acceptors (Lipinski definition) is 2. The van der Waals surface area contributed by atoms with E-state index in [1.165, 1.54) is 40.6 Å². The molecular weight excluding hydrogens is 342 g/mol. The quantitative estimate of drug-likeness (QED) is 0.761. The fourth-order valence-electron chi connectivity index (χ4n) is 3.09. The Morgan fingerprint density at radius 2 is 2.05 bits per heavy atom. The summed E-state index contributed by atoms with van der Waals surface area (Å²) in [5.74, 6) is 0. The summed E-state index contributed by atoms with van der Waals surface area (Å²) in [6, 6.07) is 11.5. The van der Waals surface area contributed by atoms with Crippen LogP contribution in [-0.2, 0) is 19.3 Å². The number of fused-ring (bicyclic) bond motifs is 1. The maximum Gasteiger partial charge on any atom is 0.0456 e. The number of likely N-dealkylation sites (N-methyl/N-ethyl adjacent to an activating group) is 1. The van der Waals surface area contributed by atoms with Crippen molar-refractivity contribution in [3.63, 3.8) is 0 Å². The lowest BCUT2D eigenvalue weighted by molar-refractivity contribution is 0.557. The summed E-state index contributed by atoms with van der Waals surface area (Å²) in [4.78, 5) is 3.14. The van der Waals surface area contributed by atoms with Gasteiger partial charge in [-0.25, -0.2) is 0 Å². The van der Waals surface area contributed by atoms with E-state index in [0.29, 0.717) is 6.04 Å². The van der Waals surface area contributed by atoms with Gasteiger partial charge in [0.2, 0.25) is 0 Å². The number of hydrogen-bond donors (Lipinski definition) is 1. The lowest BCUT2D eigenvalue weighted by Crippen LogP contribution is -2.22. The van der Waals surface area contributed by atoms with Crippen molar-refractivity contribution in [1.29, 1.82) is 0 Å². The molecular formula is C18H22BrNS. The van der Waals surface area contributed by atoms with Crippen LogP contribution < -0.4 is 5.32 Å². The van der Waals surface area contributed by atoms with E-state index in [2.05, 4.69) is 58.5 Å². The molecule has 0 bridgehead atoms. The van der Waals surface area contributed by atoms with Crippen LogP contribution in [0.2, 0.25) is 0 Å². The molecule has 0 fully saturated rings. The molecule has 1 aliphatic rings. The molecule has 1 heterocycles. The second-order valence-corrected chi connectivity index (χ2v) is 7.73. The van der Waals surface area contributed by atoms with E-state index in [1.54, 1.807) is 10.4 Å². The van der Waals surface area contributed by atoms with Crippen molar-refractivity contribution in [2.45, 2.75) is 45.1 Å². The predicted molar refractivity (Wildman–Crippen MR) is 95.2 cm³/mol. The van der Waals surface area contributed by atoms with E-state index >= 15 is 0 Å². The van der Waals surface area contributed by atoms with Crippen LogP contribution in [0.25, 0.3) is 0 Å². The zero-order chi connectivity index (χ0) is 14.7. The molecule has 112 valence electrons. The number of rotatable bonds is 5. The number of halogens is 1. The Morgan fingerprint density at radius 1 is 1.24 bits per heavy atom. The topological polar surface area (TPSA) is 12.0 Å². The molecule has 1 N–H and O–H groups in total. The van der Waals surface area contributed by atoms with Crippen molar-refractivity contribution in [2.75, 3.05) is 6.54 Å². The van der Waals surface area contributed by atoms with Crippen molar-refractivity contribution < 1.29 is 0 Å². The van der Waals surface area contributed by atoms with Crippen LogP contribution in [0.5, 0.6) is 0 Å². The molecule has 3 heteroatoms. The Hall–Kier alpha value is -0.640. The molecule has 1 atom stereocenters. The number of benzene rings is 1. The second-order valence-electron chi connectivity index (χ2n) is 5.71. The minimum Gasteiger partial charge on any atom is -0.309 e. The molecule has 1 aromatic heterocycles. The fraction of sp³-hybridized carbons (Fsp3) is 0.444. The highest BCUT2D eigenvalue weighted by Gasteiger charge is 2.19. The van der Waals surface area contributed by atoms with Gasteiger partial charge in [0.25, 0.3) is 0 Å². The summed E-state index contributed by atoms with van der Waals surface area (Å²) >= 11 is 5.71. The van der Waals surface area contributed by atoms with E-state index < -0.39 is 0 Å². The van der Waals surface area contributed by atoms with Gasteiger partial charge in [-0.1, -0.05) is 41.1 Å². The first-order valence-electron chi connectivity index (χ1n) is 7.86. The van der Waals surface area contributed by atoms with Gasteiger partial charge < -0.3 is 5.32 Å². The molecule has 1 nitrogen and oxygen atoms in total. The molecule has 1 aliphatic carbocycles. The maximum absolute atomic E-state index is 3.68. The smallest absolute Gasteiger partial charge is 0.0456 e. The van der Waals surface area contributed by atoms with Crippen molar-refractivity contribution in [3.8, 4) is 0 Å². The maximum atomic E-state index is 3.68. The van der Waals surface area contributed by atoms with Crippen LogP contribution in [0.15, 0.2) is 34.8 Å². The zero-order valence-electron chi connectivity index (χ0n) is 12.5. The molecule has 0 saturated heterocycles. The first kappa shape index (κ1) is 15.3. The molecule has 0 spiro atoms. The van der Waals surface area contributed by atoms with Gasteiger partial charge in [-0.05, 0) is 61.9 Å². The summed E-state index contributed by atoms with van der Waals surface area (Å²) in [6.45, 7) is 3.21. The highest BCUT2D eigenvalue weighted by atomic mass is 79.9. The SMILES string of the molecule is CCNC(Cc1ccccc1Br)c1cc2c(s1)CCCC2. The Labute approximate surface area is 139 Å². The van der Waals surface area contributed by atoms with Crippen LogP contribution in [0.4, 0.5) is 0 Å². The standard InChI is InChI=1S/C18H22BrNS/c1-2-20-16(11-13-7-3-5-9-15(13)19)18-12-14-8-4-6-10-17(14)21-18/h3,5,7,9,12,16,20H,2,4,6,8,10-11H2,1H3. The van der Waals surface area contributed by atoms with Crippen molar-refractivity contribution >= 4 is 27.3 Å². The van der Waals surface area contributed by atoms with Gasteiger partial charge in [-0.3, -0.25) is 0 Å². The summed E-state index contributed by atoms with van der Waals surface area (Å²) in [5, 5.41) is 3.67. The molecule has 0 saturated carbocycles. The Kier molecular flexibility index (Phi) is 5.15. The second kappa shape index (κ2) is 7.08. The summed E-state index contributed by atoms with van der Waals surface area (Å²) in [5.41, 5.74) is 2.99. The summed E-state index contributed by atoms with van der Waals surface area (Å²) < 4.78 is 1.22. The Morgan fingerprint density at radius 3 is 2.81 bits per heavy atom. The van der Waals surface area contributed by atoms with E-state index in [0.717, 1.165) is 13.0 Å². The first-order chi connectivity index (χ1) is 10.3. The van der Waals surface area contributed by atoms with E-state index in [1.807, 2.05) is 11.3 Å². The van der Waals surface area contributed by atoms with Gasteiger partial charge in [0.05, 0.1) is 0 Å².